The van der Waals surface area contributed by atoms with Crippen LogP contribution in [-0.2, 0) is 0 Å². The molecule has 14 heavy (non-hydrogen) atoms. The molecule has 0 amide bonds. The fourth-order valence-electron chi connectivity index (χ4n) is 1.63. The van der Waals surface area contributed by atoms with Crippen LogP contribution in [0.3, 0.4) is 0 Å². The van der Waals surface area contributed by atoms with Crippen LogP contribution in [0.1, 0.15) is 26.7 Å². The largest absolute Gasteiger partial charge is 0.372 e. The van der Waals surface area contributed by atoms with Crippen LogP contribution in [0.2, 0.25) is 0 Å². The molecule has 1 rings (SSSR count). The van der Waals surface area contributed by atoms with E-state index in [2.05, 4.69) is 11.5 Å². The molecule has 0 radical (unpaired) electrons. The van der Waals surface area contributed by atoms with E-state index >= 15 is 0 Å². The summed E-state index contributed by atoms with van der Waals surface area (Å²) in [5.41, 5.74) is 2.16. The van der Waals surface area contributed by atoms with Crippen molar-refractivity contribution in [3.63, 3.8) is 0 Å². The molecule has 0 bridgehead atoms. The number of hydrogen-bond acceptors (Lipinski definition) is 1. The first kappa shape index (κ1) is 11.4. The lowest BCUT2D eigenvalue weighted by Crippen LogP contribution is -2.18. The SMILES string of the molecule is C=C(/C(C)=C(Cl)/C=C\C)N1CCCC1. The summed E-state index contributed by atoms with van der Waals surface area (Å²) >= 11 is 6.11. The highest BCUT2D eigenvalue weighted by molar-refractivity contribution is 6.31. The quantitative estimate of drug-likeness (QED) is 0.644. The van der Waals surface area contributed by atoms with Gasteiger partial charge in [0.1, 0.15) is 0 Å². The van der Waals surface area contributed by atoms with Gasteiger partial charge in [-0.25, -0.2) is 0 Å². The summed E-state index contributed by atoms with van der Waals surface area (Å²) in [6, 6.07) is 0. The summed E-state index contributed by atoms with van der Waals surface area (Å²) in [6.07, 6.45) is 6.41. The van der Waals surface area contributed by atoms with E-state index in [1.54, 1.807) is 0 Å². The van der Waals surface area contributed by atoms with Gasteiger partial charge in [-0.3, -0.25) is 0 Å². The summed E-state index contributed by atoms with van der Waals surface area (Å²) in [6.45, 7) is 10.3. The van der Waals surface area contributed by atoms with E-state index in [0.717, 1.165) is 29.4 Å². The Morgan fingerprint density at radius 2 is 1.93 bits per heavy atom. The van der Waals surface area contributed by atoms with E-state index in [4.69, 9.17) is 11.6 Å². The Balaban J connectivity index is 2.72. The first-order valence-corrected chi connectivity index (χ1v) is 5.48. The second-order valence-corrected chi connectivity index (χ2v) is 4.02. The lowest BCUT2D eigenvalue weighted by Gasteiger charge is -2.21. The van der Waals surface area contributed by atoms with Crippen LogP contribution in [0.4, 0.5) is 0 Å². The first-order chi connectivity index (χ1) is 6.66. The number of hydrogen-bond donors (Lipinski definition) is 0. The Kier molecular flexibility index (Phi) is 4.27. The fourth-order valence-corrected chi connectivity index (χ4v) is 1.87. The molecule has 0 aliphatic carbocycles. The van der Waals surface area contributed by atoms with Crippen molar-refractivity contribution in [2.24, 2.45) is 0 Å². The average Bonchev–Trinajstić information content (AvgIpc) is 2.68. The molecular weight excluding hydrogens is 194 g/mol. The van der Waals surface area contributed by atoms with Gasteiger partial charge in [0.15, 0.2) is 0 Å². The molecule has 1 aliphatic rings. The van der Waals surface area contributed by atoms with Crippen LogP contribution in [0.5, 0.6) is 0 Å². The van der Waals surface area contributed by atoms with Gasteiger partial charge in [-0.05, 0) is 38.3 Å². The third-order valence-corrected chi connectivity index (χ3v) is 3.00. The van der Waals surface area contributed by atoms with Crippen molar-refractivity contribution < 1.29 is 0 Å². The van der Waals surface area contributed by atoms with Gasteiger partial charge in [0.05, 0.1) is 0 Å². The van der Waals surface area contributed by atoms with Gasteiger partial charge in [0.2, 0.25) is 0 Å². The van der Waals surface area contributed by atoms with Crippen molar-refractivity contribution >= 4 is 11.6 Å². The molecular formula is C12H18ClN. The number of halogens is 1. The van der Waals surface area contributed by atoms with Crippen LogP contribution in [0.15, 0.2) is 35.0 Å². The van der Waals surface area contributed by atoms with Crippen molar-refractivity contribution in [2.45, 2.75) is 26.7 Å². The third-order valence-electron chi connectivity index (χ3n) is 2.59. The maximum Gasteiger partial charge on any atom is 0.0452 e. The summed E-state index contributed by atoms with van der Waals surface area (Å²) < 4.78 is 0. The van der Waals surface area contributed by atoms with E-state index in [1.807, 2.05) is 26.0 Å². The lowest BCUT2D eigenvalue weighted by molar-refractivity contribution is 0.436. The van der Waals surface area contributed by atoms with Crippen LogP contribution < -0.4 is 0 Å². The maximum absolute atomic E-state index is 6.11. The van der Waals surface area contributed by atoms with Crippen molar-refractivity contribution in [2.75, 3.05) is 13.1 Å². The lowest BCUT2D eigenvalue weighted by atomic mass is 10.2. The Morgan fingerprint density at radius 1 is 1.36 bits per heavy atom. The van der Waals surface area contributed by atoms with E-state index in [9.17, 15) is 0 Å². The summed E-state index contributed by atoms with van der Waals surface area (Å²) in [5, 5.41) is 0.796. The molecule has 0 saturated carbocycles. The zero-order chi connectivity index (χ0) is 10.6. The predicted molar refractivity (Wildman–Crippen MR) is 63.3 cm³/mol. The van der Waals surface area contributed by atoms with E-state index in [1.165, 1.54) is 12.8 Å². The smallest absolute Gasteiger partial charge is 0.0452 e. The molecule has 0 aromatic carbocycles. The van der Waals surface area contributed by atoms with Gasteiger partial charge in [-0.15, -0.1) is 0 Å². The van der Waals surface area contributed by atoms with Gasteiger partial charge in [-0.1, -0.05) is 24.3 Å². The van der Waals surface area contributed by atoms with Crippen LogP contribution >= 0.6 is 11.6 Å². The number of nitrogens with zero attached hydrogens (tertiary/aromatic N) is 1. The molecule has 0 atom stereocenters. The van der Waals surface area contributed by atoms with Crippen LogP contribution in [0, 0.1) is 0 Å². The van der Waals surface area contributed by atoms with E-state index in [0.29, 0.717) is 0 Å². The van der Waals surface area contributed by atoms with E-state index in [-0.39, 0.29) is 0 Å². The molecule has 0 aromatic heterocycles. The van der Waals surface area contributed by atoms with Gasteiger partial charge in [0, 0.05) is 23.8 Å². The molecule has 1 nitrogen and oxygen atoms in total. The van der Waals surface area contributed by atoms with Crippen molar-refractivity contribution in [1.29, 1.82) is 0 Å². The van der Waals surface area contributed by atoms with Gasteiger partial charge in [-0.2, -0.15) is 0 Å². The average molecular weight is 212 g/mol. The Labute approximate surface area is 91.7 Å². The second-order valence-electron chi connectivity index (χ2n) is 3.61. The zero-order valence-corrected chi connectivity index (χ0v) is 9.77. The summed E-state index contributed by atoms with van der Waals surface area (Å²) in [4.78, 5) is 2.31. The van der Waals surface area contributed by atoms with E-state index < -0.39 is 0 Å². The second kappa shape index (κ2) is 5.26. The fraction of sp³-hybridized carbons (Fsp3) is 0.500. The Bertz CT molecular complexity index is 270. The molecule has 0 aromatic rings. The minimum Gasteiger partial charge on any atom is -0.372 e. The molecule has 78 valence electrons. The summed E-state index contributed by atoms with van der Waals surface area (Å²) in [5.74, 6) is 0. The van der Waals surface area contributed by atoms with Crippen molar-refractivity contribution in [3.8, 4) is 0 Å². The molecule has 0 spiro atoms. The Morgan fingerprint density at radius 3 is 2.43 bits per heavy atom. The summed E-state index contributed by atoms with van der Waals surface area (Å²) in [7, 11) is 0. The highest BCUT2D eigenvalue weighted by Gasteiger charge is 2.15. The van der Waals surface area contributed by atoms with Gasteiger partial charge in [0.25, 0.3) is 0 Å². The van der Waals surface area contributed by atoms with Crippen LogP contribution in [0.25, 0.3) is 0 Å². The number of likely N-dealkylation sites (tertiary alicyclic amines) is 1. The Hall–Kier alpha value is -0.690. The normalized spacial score (nSPS) is 18.9. The van der Waals surface area contributed by atoms with Gasteiger partial charge >= 0.3 is 0 Å². The number of allylic oxidation sites excluding steroid dienone is 4. The highest BCUT2D eigenvalue weighted by Crippen LogP contribution is 2.23. The van der Waals surface area contributed by atoms with Gasteiger partial charge < -0.3 is 4.90 Å². The molecule has 0 unspecified atom stereocenters. The molecule has 1 heterocycles. The third kappa shape index (κ3) is 2.65. The zero-order valence-electron chi connectivity index (χ0n) is 9.02. The first-order valence-electron chi connectivity index (χ1n) is 5.10. The van der Waals surface area contributed by atoms with Crippen LogP contribution in [-0.4, -0.2) is 18.0 Å². The molecule has 1 saturated heterocycles. The number of rotatable bonds is 3. The molecule has 1 aliphatic heterocycles. The van der Waals surface area contributed by atoms with Crippen molar-refractivity contribution in [3.05, 3.63) is 35.0 Å². The minimum atomic E-state index is 0.796. The molecule has 2 heteroatoms. The molecule has 1 fully saturated rings. The molecule has 0 N–H and O–H groups in total. The monoisotopic (exact) mass is 211 g/mol. The predicted octanol–water partition coefficient (Wildman–Crippen LogP) is 3.68. The maximum atomic E-state index is 6.11. The topological polar surface area (TPSA) is 3.24 Å². The minimum absolute atomic E-state index is 0.796. The standard InChI is InChI=1S/C12H18ClN/c1-4-7-12(13)10(2)11(3)14-8-5-6-9-14/h4,7H,3,5-6,8-9H2,1-2H3/b7-4-,12-10-. The highest BCUT2D eigenvalue weighted by atomic mass is 35.5. The van der Waals surface area contributed by atoms with Crippen molar-refractivity contribution in [1.82, 2.24) is 4.90 Å².